The largest absolute Gasteiger partial charge is 0.477 e. The van der Waals surface area contributed by atoms with E-state index in [0.717, 1.165) is 37.3 Å². The number of aryl methyl sites for hydroxylation is 1. The molecule has 30 heavy (non-hydrogen) atoms. The van der Waals surface area contributed by atoms with Crippen LogP contribution in [0.25, 0.3) is 10.9 Å². The van der Waals surface area contributed by atoms with Crippen LogP contribution >= 0.6 is 0 Å². The fraction of sp³-hybridized carbons (Fsp3) is 0.565. The second-order valence-corrected chi connectivity index (χ2v) is 9.13. The number of anilines is 1. The standard InChI is InChI=1S/C23H28FN3O3/c1-3-25-23(7-8-23)14-6-9-26(11-14)18-5-4-15-20(13(18)2)27(19-10-17(19)24)12-16(21(15)28)22(29)30/h4-5,12,14,17,19,25H,3,6-11H2,1-2H3,(H,29,30)/t14-,17+,19-/m1/s1. The molecular weight excluding hydrogens is 385 g/mol. The molecule has 2 heterocycles. The lowest BCUT2D eigenvalue weighted by Crippen LogP contribution is -2.40. The van der Waals surface area contributed by atoms with Crippen LogP contribution in [0.1, 0.15) is 54.6 Å². The number of pyridine rings is 1. The summed E-state index contributed by atoms with van der Waals surface area (Å²) in [5, 5.41) is 13.5. The second-order valence-electron chi connectivity index (χ2n) is 9.13. The van der Waals surface area contributed by atoms with Gasteiger partial charge in [0.1, 0.15) is 11.7 Å². The molecule has 2 N–H and O–H groups in total. The molecule has 1 aromatic heterocycles. The monoisotopic (exact) mass is 413 g/mol. The van der Waals surface area contributed by atoms with Crippen LogP contribution in [0.4, 0.5) is 10.1 Å². The van der Waals surface area contributed by atoms with Gasteiger partial charge in [-0.15, -0.1) is 0 Å². The first-order valence-corrected chi connectivity index (χ1v) is 10.9. The number of fused-ring (bicyclic) bond motifs is 1. The smallest absolute Gasteiger partial charge is 0.341 e. The molecule has 1 aromatic carbocycles. The summed E-state index contributed by atoms with van der Waals surface area (Å²) in [6.07, 6.45) is 4.29. The number of nitrogens with zero attached hydrogens (tertiary/aromatic N) is 2. The number of aromatic carboxylic acids is 1. The van der Waals surface area contributed by atoms with Crippen molar-refractivity contribution >= 4 is 22.6 Å². The minimum atomic E-state index is -1.27. The van der Waals surface area contributed by atoms with Crippen LogP contribution in [0, 0.1) is 12.8 Å². The molecule has 6 nitrogen and oxygen atoms in total. The molecule has 1 saturated heterocycles. The van der Waals surface area contributed by atoms with E-state index < -0.39 is 23.6 Å². The number of aromatic nitrogens is 1. The average Bonchev–Trinajstić information content (AvgIpc) is 3.59. The van der Waals surface area contributed by atoms with Gasteiger partial charge >= 0.3 is 5.97 Å². The summed E-state index contributed by atoms with van der Waals surface area (Å²) in [6.45, 7) is 7.02. The van der Waals surface area contributed by atoms with Gasteiger partial charge in [-0.2, -0.15) is 0 Å². The lowest BCUT2D eigenvalue weighted by atomic mass is 9.96. The van der Waals surface area contributed by atoms with Crippen LogP contribution in [0.3, 0.4) is 0 Å². The molecule has 0 bridgehead atoms. The Labute approximate surface area is 174 Å². The molecular formula is C23H28FN3O3. The molecule has 0 amide bonds. The summed E-state index contributed by atoms with van der Waals surface area (Å²) in [4.78, 5) is 26.7. The van der Waals surface area contributed by atoms with E-state index in [-0.39, 0.29) is 11.1 Å². The number of nitrogens with one attached hydrogen (secondary N) is 1. The van der Waals surface area contributed by atoms with E-state index in [9.17, 15) is 19.1 Å². The molecule has 0 unspecified atom stereocenters. The number of rotatable bonds is 6. The molecule has 2 aromatic rings. The van der Waals surface area contributed by atoms with Crippen molar-refractivity contribution in [3.05, 3.63) is 39.7 Å². The number of carbonyl (C=O) groups is 1. The fourth-order valence-electron chi connectivity index (χ4n) is 5.46. The molecule has 5 rings (SSSR count). The molecule has 2 aliphatic carbocycles. The number of hydrogen-bond donors (Lipinski definition) is 2. The lowest BCUT2D eigenvalue weighted by Gasteiger charge is -2.26. The molecule has 160 valence electrons. The number of benzene rings is 1. The molecule has 1 aliphatic heterocycles. The van der Waals surface area contributed by atoms with E-state index in [2.05, 4.69) is 17.1 Å². The lowest BCUT2D eigenvalue weighted by molar-refractivity contribution is 0.0694. The van der Waals surface area contributed by atoms with Crippen molar-refractivity contribution in [2.75, 3.05) is 24.5 Å². The molecule has 0 spiro atoms. The van der Waals surface area contributed by atoms with E-state index in [4.69, 9.17) is 0 Å². The zero-order chi connectivity index (χ0) is 21.2. The predicted molar refractivity (Wildman–Crippen MR) is 114 cm³/mol. The van der Waals surface area contributed by atoms with Crippen LogP contribution in [0.2, 0.25) is 0 Å². The summed E-state index contributed by atoms with van der Waals surface area (Å²) in [6, 6.07) is 3.27. The Kier molecular flexibility index (Phi) is 4.43. The van der Waals surface area contributed by atoms with Gasteiger partial charge in [0.05, 0.1) is 11.6 Å². The molecule has 2 saturated carbocycles. The number of halogens is 1. The van der Waals surface area contributed by atoms with E-state index in [1.807, 2.05) is 13.0 Å². The van der Waals surface area contributed by atoms with Gasteiger partial charge in [0.2, 0.25) is 5.43 Å². The van der Waals surface area contributed by atoms with E-state index in [1.165, 1.54) is 19.0 Å². The first-order valence-electron chi connectivity index (χ1n) is 10.9. The van der Waals surface area contributed by atoms with E-state index in [1.54, 1.807) is 10.6 Å². The van der Waals surface area contributed by atoms with Gasteiger partial charge in [-0.3, -0.25) is 4.79 Å². The third-order valence-corrected chi connectivity index (χ3v) is 7.31. The molecule has 0 radical (unpaired) electrons. The van der Waals surface area contributed by atoms with Crippen molar-refractivity contribution in [3.63, 3.8) is 0 Å². The van der Waals surface area contributed by atoms with Crippen molar-refractivity contribution in [2.45, 2.75) is 57.3 Å². The highest BCUT2D eigenvalue weighted by molar-refractivity contribution is 5.95. The van der Waals surface area contributed by atoms with Crippen LogP contribution in [0.15, 0.2) is 23.1 Å². The van der Waals surface area contributed by atoms with Gasteiger partial charge in [0, 0.05) is 42.3 Å². The number of carboxylic acids is 1. The number of alkyl halides is 1. The second kappa shape index (κ2) is 6.80. The Morgan fingerprint density at radius 1 is 1.37 bits per heavy atom. The molecule has 3 aliphatic rings. The van der Waals surface area contributed by atoms with Crippen molar-refractivity contribution in [1.82, 2.24) is 9.88 Å². The molecule has 3 atom stereocenters. The van der Waals surface area contributed by atoms with E-state index in [0.29, 0.717) is 23.2 Å². The van der Waals surface area contributed by atoms with Gasteiger partial charge in [0.25, 0.3) is 0 Å². The highest BCUT2D eigenvalue weighted by Crippen LogP contribution is 2.47. The Hall–Kier alpha value is -2.41. The van der Waals surface area contributed by atoms with Gasteiger partial charge in [-0.1, -0.05) is 6.92 Å². The first-order chi connectivity index (χ1) is 14.4. The van der Waals surface area contributed by atoms with Crippen molar-refractivity contribution < 1.29 is 14.3 Å². The summed E-state index contributed by atoms with van der Waals surface area (Å²) >= 11 is 0. The third-order valence-electron chi connectivity index (χ3n) is 7.31. The van der Waals surface area contributed by atoms with Crippen LogP contribution in [-0.4, -0.2) is 47.0 Å². The average molecular weight is 413 g/mol. The molecule has 3 fully saturated rings. The van der Waals surface area contributed by atoms with Crippen molar-refractivity contribution in [2.24, 2.45) is 5.92 Å². The van der Waals surface area contributed by atoms with Crippen molar-refractivity contribution in [1.29, 1.82) is 0 Å². The van der Waals surface area contributed by atoms with Crippen LogP contribution in [-0.2, 0) is 0 Å². The summed E-state index contributed by atoms with van der Waals surface area (Å²) < 4.78 is 15.6. The fourth-order valence-corrected chi connectivity index (χ4v) is 5.46. The molecule has 7 heteroatoms. The van der Waals surface area contributed by atoms with Crippen LogP contribution in [0.5, 0.6) is 0 Å². The quantitative estimate of drug-likeness (QED) is 0.760. The zero-order valence-electron chi connectivity index (χ0n) is 17.4. The van der Waals surface area contributed by atoms with Gasteiger partial charge < -0.3 is 19.9 Å². The summed E-state index contributed by atoms with van der Waals surface area (Å²) in [5.41, 5.74) is 2.14. The SMILES string of the molecule is CCNC1([C@@H]2CCN(c3ccc4c(=O)c(C(=O)O)cn([C@@H]5C[C@@H]5F)c4c3C)C2)CC1. The topological polar surface area (TPSA) is 74.6 Å². The van der Waals surface area contributed by atoms with E-state index >= 15 is 0 Å². The van der Waals surface area contributed by atoms with Crippen molar-refractivity contribution in [3.8, 4) is 0 Å². The summed E-state index contributed by atoms with van der Waals surface area (Å²) in [7, 11) is 0. The number of carboxylic acid groups (broad SMARTS) is 1. The van der Waals surface area contributed by atoms with Crippen LogP contribution < -0.4 is 15.6 Å². The number of hydrogen-bond acceptors (Lipinski definition) is 4. The minimum Gasteiger partial charge on any atom is -0.477 e. The van der Waals surface area contributed by atoms with Gasteiger partial charge in [-0.05, 0) is 56.3 Å². The highest BCUT2D eigenvalue weighted by atomic mass is 19.1. The normalized spacial score (nSPS) is 26.9. The predicted octanol–water partition coefficient (Wildman–Crippen LogP) is 3.26. The van der Waals surface area contributed by atoms with Gasteiger partial charge in [0.15, 0.2) is 0 Å². The Bertz CT molecular complexity index is 1090. The third kappa shape index (κ3) is 2.94. The summed E-state index contributed by atoms with van der Waals surface area (Å²) in [5.74, 6) is -0.670. The maximum Gasteiger partial charge on any atom is 0.341 e. The first kappa shape index (κ1) is 19.5. The van der Waals surface area contributed by atoms with Gasteiger partial charge in [-0.25, -0.2) is 9.18 Å². The Balaban J connectivity index is 1.57. The maximum absolute atomic E-state index is 14.0. The minimum absolute atomic E-state index is 0.280. The maximum atomic E-state index is 14.0. The Morgan fingerprint density at radius 3 is 2.70 bits per heavy atom. The zero-order valence-corrected chi connectivity index (χ0v) is 17.4. The Morgan fingerprint density at radius 2 is 2.10 bits per heavy atom. The highest BCUT2D eigenvalue weighted by Gasteiger charge is 2.50.